The predicted octanol–water partition coefficient (Wildman–Crippen LogP) is 8.13. The van der Waals surface area contributed by atoms with E-state index in [-0.39, 0.29) is 0 Å². The predicted molar refractivity (Wildman–Crippen MR) is 150 cm³/mol. The Morgan fingerprint density at radius 1 is 0.611 bits per heavy atom. The topological polar surface area (TPSA) is 43.1 Å². The summed E-state index contributed by atoms with van der Waals surface area (Å²) in [5, 5.41) is 3.43. The van der Waals surface area contributed by atoms with Crippen molar-refractivity contribution in [3.8, 4) is 22.3 Å². The average molecular weight is 479 g/mol. The first-order valence-corrected chi connectivity index (χ1v) is 12.7. The van der Waals surface area contributed by atoms with Crippen LogP contribution in [0.15, 0.2) is 110 Å². The van der Waals surface area contributed by atoms with E-state index in [0.29, 0.717) is 0 Å². The zero-order valence-electron chi connectivity index (χ0n) is 19.1. The van der Waals surface area contributed by atoms with Crippen molar-refractivity contribution in [3.63, 3.8) is 0 Å². The van der Waals surface area contributed by atoms with Gasteiger partial charge in [-0.2, -0.15) is 0 Å². The molecule has 0 N–H and O–H groups in total. The molecule has 0 spiro atoms. The minimum atomic E-state index is 0.937. The summed E-state index contributed by atoms with van der Waals surface area (Å²) in [6, 6.07) is 32.0. The largest absolute Gasteiger partial charge is 0.291 e. The summed E-state index contributed by atoms with van der Waals surface area (Å²) in [6.45, 7) is 0. The molecule has 5 aromatic heterocycles. The lowest BCUT2D eigenvalue weighted by Crippen LogP contribution is -1.89. The molecule has 0 amide bonds. The number of aromatic nitrogens is 4. The summed E-state index contributed by atoms with van der Waals surface area (Å²) in [5.41, 5.74) is 8.59. The van der Waals surface area contributed by atoms with Gasteiger partial charge in [0.1, 0.15) is 16.0 Å². The second-order valence-electron chi connectivity index (χ2n) is 8.98. The number of hydrogen-bond acceptors (Lipinski definition) is 4. The molecular formula is C31H18N4S. The van der Waals surface area contributed by atoms with Gasteiger partial charge in [-0.15, -0.1) is 11.3 Å². The van der Waals surface area contributed by atoms with E-state index in [4.69, 9.17) is 4.98 Å². The van der Waals surface area contributed by atoms with Crippen LogP contribution in [-0.4, -0.2) is 19.4 Å². The number of rotatable bonds is 2. The van der Waals surface area contributed by atoms with Crippen molar-refractivity contribution in [2.75, 3.05) is 0 Å². The van der Waals surface area contributed by atoms with Crippen LogP contribution in [-0.2, 0) is 0 Å². The van der Waals surface area contributed by atoms with E-state index in [1.807, 2.05) is 24.5 Å². The molecule has 0 unspecified atom stereocenters. The summed E-state index contributed by atoms with van der Waals surface area (Å²) in [4.78, 5) is 15.4. The van der Waals surface area contributed by atoms with E-state index in [2.05, 4.69) is 99.4 Å². The molecule has 0 saturated carbocycles. The summed E-state index contributed by atoms with van der Waals surface area (Å²) in [7, 11) is 0. The standard InChI is InChI=1S/C31H18N4S/c1-2-8-26-24(6-1)30-31(36-26)35-16-13-21(18-27(35)34-30)19-9-11-20(12-10-19)25-17-22-5-3-14-32-28(22)29-23(25)7-4-15-33-29/h1-18H. The molecule has 168 valence electrons. The van der Waals surface area contributed by atoms with Gasteiger partial charge in [-0.3, -0.25) is 14.4 Å². The number of imidazole rings is 1. The van der Waals surface area contributed by atoms with Gasteiger partial charge in [0.25, 0.3) is 0 Å². The van der Waals surface area contributed by atoms with Gasteiger partial charge in [0.2, 0.25) is 0 Å². The SMILES string of the molecule is c1cnc2c(c1)cc(-c1ccc(-c3ccn4c(c3)nc3c5ccccc5sc34)cc1)c1cccnc12. The Hall–Kier alpha value is -4.61. The van der Waals surface area contributed by atoms with E-state index >= 15 is 0 Å². The van der Waals surface area contributed by atoms with Crippen molar-refractivity contribution in [3.05, 3.63) is 110 Å². The highest BCUT2D eigenvalue weighted by molar-refractivity contribution is 7.25. The third-order valence-corrected chi connectivity index (χ3v) is 8.08. The minimum Gasteiger partial charge on any atom is -0.291 e. The quantitative estimate of drug-likeness (QED) is 0.236. The lowest BCUT2D eigenvalue weighted by atomic mass is 9.96. The van der Waals surface area contributed by atoms with Crippen molar-refractivity contribution >= 4 is 59.2 Å². The van der Waals surface area contributed by atoms with Crippen molar-refractivity contribution in [1.29, 1.82) is 0 Å². The summed E-state index contributed by atoms with van der Waals surface area (Å²) >= 11 is 1.79. The molecule has 0 aliphatic rings. The summed E-state index contributed by atoms with van der Waals surface area (Å²) < 4.78 is 3.47. The van der Waals surface area contributed by atoms with Crippen LogP contribution in [0.3, 0.4) is 0 Å². The normalized spacial score (nSPS) is 11.9. The number of benzene rings is 3. The third-order valence-electron chi connectivity index (χ3n) is 6.92. The Kier molecular flexibility index (Phi) is 4.07. The van der Waals surface area contributed by atoms with E-state index in [0.717, 1.165) is 44.1 Å². The van der Waals surface area contributed by atoms with Crippen LogP contribution in [0, 0.1) is 0 Å². The number of hydrogen-bond donors (Lipinski definition) is 0. The number of pyridine rings is 3. The molecule has 0 radical (unpaired) electrons. The van der Waals surface area contributed by atoms with Gasteiger partial charge >= 0.3 is 0 Å². The molecule has 4 nitrogen and oxygen atoms in total. The molecule has 0 fully saturated rings. The van der Waals surface area contributed by atoms with Crippen LogP contribution in [0.4, 0.5) is 0 Å². The average Bonchev–Trinajstić information content (AvgIpc) is 3.48. The second-order valence-corrected chi connectivity index (χ2v) is 10.0. The highest BCUT2D eigenvalue weighted by Crippen LogP contribution is 2.36. The molecule has 0 atom stereocenters. The van der Waals surface area contributed by atoms with Gasteiger partial charge in [-0.25, -0.2) is 4.98 Å². The van der Waals surface area contributed by atoms with Gasteiger partial charge in [0.15, 0.2) is 0 Å². The molecule has 0 bridgehead atoms. The maximum absolute atomic E-state index is 4.98. The lowest BCUT2D eigenvalue weighted by molar-refractivity contribution is 1.24. The monoisotopic (exact) mass is 478 g/mol. The number of thiophene rings is 1. The first-order valence-electron chi connectivity index (χ1n) is 11.9. The van der Waals surface area contributed by atoms with Gasteiger partial charge in [0, 0.05) is 39.4 Å². The van der Waals surface area contributed by atoms with Crippen LogP contribution in [0.25, 0.3) is 70.1 Å². The maximum atomic E-state index is 4.98. The van der Waals surface area contributed by atoms with E-state index in [9.17, 15) is 0 Å². The molecule has 0 saturated heterocycles. The fourth-order valence-electron chi connectivity index (χ4n) is 5.19. The number of nitrogens with zero attached hydrogens (tertiary/aromatic N) is 4. The highest BCUT2D eigenvalue weighted by Gasteiger charge is 2.13. The summed E-state index contributed by atoms with van der Waals surface area (Å²) in [5.74, 6) is 0. The van der Waals surface area contributed by atoms with Crippen LogP contribution in [0.2, 0.25) is 0 Å². The molecule has 3 aromatic carbocycles. The Balaban J connectivity index is 1.24. The van der Waals surface area contributed by atoms with Crippen LogP contribution in [0.1, 0.15) is 0 Å². The van der Waals surface area contributed by atoms with E-state index in [1.165, 1.54) is 26.0 Å². The Morgan fingerprint density at radius 2 is 1.39 bits per heavy atom. The first-order chi connectivity index (χ1) is 17.8. The third kappa shape index (κ3) is 2.84. The zero-order valence-corrected chi connectivity index (χ0v) is 19.9. The molecule has 5 heteroatoms. The van der Waals surface area contributed by atoms with Crippen molar-refractivity contribution in [2.45, 2.75) is 0 Å². The minimum absolute atomic E-state index is 0.937. The van der Waals surface area contributed by atoms with Gasteiger partial charge < -0.3 is 0 Å². The molecule has 0 aliphatic carbocycles. The first kappa shape index (κ1) is 19.7. The van der Waals surface area contributed by atoms with Gasteiger partial charge in [-0.1, -0.05) is 54.6 Å². The summed E-state index contributed by atoms with van der Waals surface area (Å²) in [6.07, 6.45) is 5.80. The Morgan fingerprint density at radius 3 is 2.31 bits per heavy atom. The zero-order chi connectivity index (χ0) is 23.6. The Labute approximate surface area is 210 Å². The van der Waals surface area contributed by atoms with Crippen molar-refractivity contribution in [2.24, 2.45) is 0 Å². The molecular weight excluding hydrogens is 460 g/mol. The fraction of sp³-hybridized carbons (Fsp3) is 0. The molecule has 8 rings (SSSR count). The van der Waals surface area contributed by atoms with Gasteiger partial charge in [-0.05, 0) is 58.7 Å². The maximum Gasteiger partial charge on any atom is 0.139 e. The molecule has 8 aromatic rings. The van der Waals surface area contributed by atoms with Crippen molar-refractivity contribution in [1.82, 2.24) is 19.4 Å². The second kappa shape index (κ2) is 7.44. The fourth-order valence-corrected chi connectivity index (χ4v) is 6.32. The van der Waals surface area contributed by atoms with E-state index < -0.39 is 0 Å². The van der Waals surface area contributed by atoms with Crippen molar-refractivity contribution < 1.29 is 0 Å². The van der Waals surface area contributed by atoms with E-state index in [1.54, 1.807) is 11.3 Å². The number of fused-ring (bicyclic) bond motifs is 8. The van der Waals surface area contributed by atoms with Crippen LogP contribution < -0.4 is 0 Å². The molecule has 36 heavy (non-hydrogen) atoms. The smallest absolute Gasteiger partial charge is 0.139 e. The van der Waals surface area contributed by atoms with Gasteiger partial charge in [0.05, 0.1) is 11.0 Å². The molecule has 0 aliphatic heterocycles. The van der Waals surface area contributed by atoms with Crippen LogP contribution >= 0.6 is 11.3 Å². The Bertz CT molecular complexity index is 2100. The lowest BCUT2D eigenvalue weighted by Gasteiger charge is -2.10. The highest BCUT2D eigenvalue weighted by atomic mass is 32.1. The molecule has 5 heterocycles. The van der Waals surface area contributed by atoms with Crippen LogP contribution in [0.5, 0.6) is 0 Å².